The van der Waals surface area contributed by atoms with E-state index in [1.165, 1.54) is 12.1 Å². The molecule has 0 spiro atoms. The molecule has 9 heteroatoms. The van der Waals surface area contributed by atoms with Gasteiger partial charge in [-0.25, -0.2) is 4.79 Å². The molecule has 0 aromatic heterocycles. The standard InChI is InChI=1S/C19H20N4O4S/c1-13-12-14(2-7-17(13)18(24)25)20-19(28)22-10-8-21(9-11-22)15-3-5-16(6-4-15)23(26)27/h2-7,12H,8-11H2,1H3,(H,20,28)(H,24,25). The van der Waals surface area contributed by atoms with E-state index in [0.717, 1.165) is 37.6 Å². The molecule has 3 rings (SSSR count). The van der Waals surface area contributed by atoms with Crippen molar-refractivity contribution in [1.82, 2.24) is 4.90 Å². The molecule has 0 aliphatic carbocycles. The Labute approximate surface area is 167 Å². The number of benzene rings is 2. The average Bonchev–Trinajstić information content (AvgIpc) is 2.68. The van der Waals surface area contributed by atoms with Gasteiger partial charge in [-0.3, -0.25) is 10.1 Å². The molecule has 0 radical (unpaired) electrons. The summed E-state index contributed by atoms with van der Waals surface area (Å²) in [5.74, 6) is -0.950. The number of anilines is 2. The molecule has 1 fully saturated rings. The van der Waals surface area contributed by atoms with Gasteiger partial charge in [-0.1, -0.05) is 0 Å². The van der Waals surface area contributed by atoms with Crippen LogP contribution >= 0.6 is 12.2 Å². The molecule has 2 N–H and O–H groups in total. The maximum Gasteiger partial charge on any atom is 0.335 e. The first-order valence-electron chi connectivity index (χ1n) is 8.74. The fourth-order valence-corrected chi connectivity index (χ4v) is 3.44. The summed E-state index contributed by atoms with van der Waals surface area (Å²) in [6.07, 6.45) is 0. The van der Waals surface area contributed by atoms with E-state index in [2.05, 4.69) is 15.1 Å². The number of thiocarbonyl (C=S) groups is 1. The Morgan fingerprint density at radius 3 is 2.32 bits per heavy atom. The number of rotatable bonds is 4. The molecular formula is C19H20N4O4S. The fraction of sp³-hybridized carbons (Fsp3) is 0.263. The SMILES string of the molecule is Cc1cc(NC(=S)N2CCN(c3ccc([N+](=O)[O-])cc3)CC2)ccc1C(=O)O. The number of carboxylic acids is 1. The predicted octanol–water partition coefficient (Wildman–Crippen LogP) is 3.12. The van der Waals surface area contributed by atoms with Crippen molar-refractivity contribution in [2.45, 2.75) is 6.92 Å². The van der Waals surface area contributed by atoms with E-state index in [1.807, 2.05) is 0 Å². The van der Waals surface area contributed by atoms with Crippen molar-refractivity contribution in [3.8, 4) is 0 Å². The van der Waals surface area contributed by atoms with Crippen LogP contribution in [0, 0.1) is 17.0 Å². The molecule has 0 amide bonds. The number of carboxylic acid groups (broad SMARTS) is 1. The van der Waals surface area contributed by atoms with Gasteiger partial charge in [-0.05, 0) is 55.0 Å². The van der Waals surface area contributed by atoms with E-state index in [1.54, 1.807) is 37.3 Å². The van der Waals surface area contributed by atoms with Crippen LogP contribution in [0.15, 0.2) is 42.5 Å². The molecule has 2 aromatic carbocycles. The number of nitrogens with one attached hydrogen (secondary N) is 1. The number of non-ortho nitro benzene ring substituents is 1. The lowest BCUT2D eigenvalue weighted by Crippen LogP contribution is -2.50. The summed E-state index contributed by atoms with van der Waals surface area (Å²) in [6, 6.07) is 11.6. The number of nitro benzene ring substituents is 1. The Morgan fingerprint density at radius 1 is 1.14 bits per heavy atom. The summed E-state index contributed by atoms with van der Waals surface area (Å²) < 4.78 is 0. The molecule has 0 saturated carbocycles. The molecule has 1 aliphatic heterocycles. The monoisotopic (exact) mass is 400 g/mol. The average molecular weight is 400 g/mol. The van der Waals surface area contributed by atoms with Gasteiger partial charge >= 0.3 is 5.97 Å². The number of aromatic carboxylic acids is 1. The Kier molecular flexibility index (Phi) is 5.74. The van der Waals surface area contributed by atoms with Crippen molar-refractivity contribution in [3.05, 3.63) is 63.7 Å². The Morgan fingerprint density at radius 2 is 1.79 bits per heavy atom. The van der Waals surface area contributed by atoms with Crippen LogP contribution in [0.1, 0.15) is 15.9 Å². The van der Waals surface area contributed by atoms with Gasteiger partial charge in [-0.15, -0.1) is 0 Å². The van der Waals surface area contributed by atoms with Gasteiger partial charge in [0.1, 0.15) is 0 Å². The minimum absolute atomic E-state index is 0.0805. The van der Waals surface area contributed by atoms with Gasteiger partial charge in [0.25, 0.3) is 5.69 Å². The number of aryl methyl sites for hydroxylation is 1. The summed E-state index contributed by atoms with van der Waals surface area (Å²) in [5.41, 5.74) is 2.72. The lowest BCUT2D eigenvalue weighted by atomic mass is 10.1. The van der Waals surface area contributed by atoms with E-state index < -0.39 is 10.9 Å². The van der Waals surface area contributed by atoms with Gasteiger partial charge < -0.3 is 20.2 Å². The van der Waals surface area contributed by atoms with Crippen molar-refractivity contribution in [2.24, 2.45) is 0 Å². The molecule has 28 heavy (non-hydrogen) atoms. The third kappa shape index (κ3) is 4.37. The first-order chi connectivity index (χ1) is 13.3. The van der Waals surface area contributed by atoms with Crippen LogP contribution in [0.25, 0.3) is 0 Å². The van der Waals surface area contributed by atoms with Crippen LogP contribution in [0.2, 0.25) is 0 Å². The topological polar surface area (TPSA) is 99.0 Å². The van der Waals surface area contributed by atoms with Crippen molar-refractivity contribution in [1.29, 1.82) is 0 Å². The van der Waals surface area contributed by atoms with Crippen molar-refractivity contribution in [2.75, 3.05) is 36.4 Å². The highest BCUT2D eigenvalue weighted by Gasteiger charge is 2.20. The van der Waals surface area contributed by atoms with Crippen LogP contribution in [-0.4, -0.2) is 52.2 Å². The molecule has 146 valence electrons. The van der Waals surface area contributed by atoms with Crippen LogP contribution in [0.5, 0.6) is 0 Å². The van der Waals surface area contributed by atoms with Crippen LogP contribution in [0.4, 0.5) is 17.1 Å². The largest absolute Gasteiger partial charge is 0.478 e. The zero-order valence-electron chi connectivity index (χ0n) is 15.3. The van der Waals surface area contributed by atoms with Gasteiger partial charge in [-0.2, -0.15) is 0 Å². The molecule has 0 atom stereocenters. The van der Waals surface area contributed by atoms with Gasteiger partial charge in [0.05, 0.1) is 10.5 Å². The van der Waals surface area contributed by atoms with Crippen LogP contribution in [-0.2, 0) is 0 Å². The summed E-state index contributed by atoms with van der Waals surface area (Å²) >= 11 is 5.49. The van der Waals surface area contributed by atoms with Crippen LogP contribution < -0.4 is 10.2 Å². The summed E-state index contributed by atoms with van der Waals surface area (Å²) in [5, 5.41) is 23.6. The number of carbonyl (C=O) groups is 1. The number of piperazine rings is 1. The van der Waals surface area contributed by atoms with Crippen LogP contribution in [0.3, 0.4) is 0 Å². The lowest BCUT2D eigenvalue weighted by molar-refractivity contribution is -0.384. The summed E-state index contributed by atoms with van der Waals surface area (Å²) in [6.45, 7) is 4.68. The minimum atomic E-state index is -0.950. The first kappa shape index (κ1) is 19.6. The van der Waals surface area contributed by atoms with E-state index in [4.69, 9.17) is 17.3 Å². The van der Waals surface area contributed by atoms with E-state index in [9.17, 15) is 14.9 Å². The third-order valence-corrected chi connectivity index (χ3v) is 5.06. The molecule has 8 nitrogen and oxygen atoms in total. The molecule has 1 heterocycles. The molecule has 1 saturated heterocycles. The number of hydrogen-bond donors (Lipinski definition) is 2. The Balaban J connectivity index is 1.57. The molecule has 0 bridgehead atoms. The third-order valence-electron chi connectivity index (χ3n) is 4.70. The van der Waals surface area contributed by atoms with Gasteiger partial charge in [0, 0.05) is 49.7 Å². The highest BCUT2D eigenvalue weighted by Crippen LogP contribution is 2.21. The Bertz CT molecular complexity index is 909. The highest BCUT2D eigenvalue weighted by atomic mass is 32.1. The fourth-order valence-electron chi connectivity index (χ4n) is 3.14. The number of nitro groups is 1. The first-order valence-corrected chi connectivity index (χ1v) is 9.15. The van der Waals surface area contributed by atoms with E-state index >= 15 is 0 Å². The number of nitrogens with zero attached hydrogens (tertiary/aromatic N) is 3. The van der Waals surface area contributed by atoms with Crippen molar-refractivity contribution >= 4 is 40.4 Å². The number of hydrogen-bond acceptors (Lipinski definition) is 5. The van der Waals surface area contributed by atoms with E-state index in [0.29, 0.717) is 10.7 Å². The lowest BCUT2D eigenvalue weighted by Gasteiger charge is -2.37. The second-order valence-electron chi connectivity index (χ2n) is 6.51. The van der Waals surface area contributed by atoms with E-state index in [-0.39, 0.29) is 11.3 Å². The minimum Gasteiger partial charge on any atom is -0.478 e. The van der Waals surface area contributed by atoms with Crippen molar-refractivity contribution < 1.29 is 14.8 Å². The zero-order chi connectivity index (χ0) is 20.3. The molecule has 0 unspecified atom stereocenters. The Hall–Kier alpha value is -3.20. The molecule has 2 aromatic rings. The summed E-state index contributed by atoms with van der Waals surface area (Å²) in [4.78, 5) is 25.7. The van der Waals surface area contributed by atoms with Gasteiger partial charge in [0.15, 0.2) is 5.11 Å². The predicted molar refractivity (Wildman–Crippen MR) is 111 cm³/mol. The maximum atomic E-state index is 11.1. The second-order valence-corrected chi connectivity index (χ2v) is 6.90. The van der Waals surface area contributed by atoms with Gasteiger partial charge in [0.2, 0.25) is 0 Å². The zero-order valence-corrected chi connectivity index (χ0v) is 16.1. The second kappa shape index (κ2) is 8.22. The quantitative estimate of drug-likeness (QED) is 0.459. The van der Waals surface area contributed by atoms with Crippen molar-refractivity contribution in [3.63, 3.8) is 0 Å². The normalized spacial score (nSPS) is 13.9. The molecular weight excluding hydrogens is 380 g/mol. The smallest absolute Gasteiger partial charge is 0.335 e. The maximum absolute atomic E-state index is 11.1. The highest BCUT2D eigenvalue weighted by molar-refractivity contribution is 7.80. The molecule has 1 aliphatic rings. The summed E-state index contributed by atoms with van der Waals surface area (Å²) in [7, 11) is 0.